The van der Waals surface area contributed by atoms with Crippen LogP contribution in [0.2, 0.25) is 10.0 Å². The molecule has 0 N–H and O–H groups in total. The van der Waals surface area contributed by atoms with Crippen LogP contribution < -0.4 is 0 Å². The maximum atomic E-state index is 12.6. The van der Waals surface area contributed by atoms with Gasteiger partial charge < -0.3 is 0 Å². The van der Waals surface area contributed by atoms with E-state index in [9.17, 15) is 8.42 Å². The number of sulfonamides is 1. The summed E-state index contributed by atoms with van der Waals surface area (Å²) < 4.78 is 26.8. The summed E-state index contributed by atoms with van der Waals surface area (Å²) in [7, 11) is -3.41. The lowest BCUT2D eigenvalue weighted by Gasteiger charge is -2.25. The fourth-order valence-corrected chi connectivity index (χ4v) is 4.52. The van der Waals surface area contributed by atoms with Gasteiger partial charge in [-0.25, -0.2) is 8.42 Å². The fourth-order valence-electron chi connectivity index (χ4n) is 2.70. The smallest absolute Gasteiger partial charge is 0.243 e. The van der Waals surface area contributed by atoms with Crippen LogP contribution in [0.25, 0.3) is 0 Å². The number of rotatable bonds is 4. The van der Waals surface area contributed by atoms with E-state index in [0.717, 1.165) is 24.8 Å². The van der Waals surface area contributed by atoms with Gasteiger partial charge >= 0.3 is 0 Å². The van der Waals surface area contributed by atoms with Gasteiger partial charge in [0.1, 0.15) is 0 Å². The van der Waals surface area contributed by atoms with Crippen molar-refractivity contribution in [3.63, 3.8) is 0 Å². The van der Waals surface area contributed by atoms with Crippen LogP contribution in [0.3, 0.4) is 0 Å². The zero-order valence-electron chi connectivity index (χ0n) is 13.5. The van der Waals surface area contributed by atoms with E-state index in [-0.39, 0.29) is 0 Å². The summed E-state index contributed by atoms with van der Waals surface area (Å²) in [5, 5.41) is 0.958. The number of benzene rings is 2. The first kappa shape index (κ1) is 18.4. The van der Waals surface area contributed by atoms with Crippen molar-refractivity contribution in [2.75, 3.05) is 13.1 Å². The first-order chi connectivity index (χ1) is 12.0. The summed E-state index contributed by atoms with van der Waals surface area (Å²) in [6.07, 6.45) is 4.60. The van der Waals surface area contributed by atoms with Crippen LogP contribution in [-0.2, 0) is 10.0 Å². The Kier molecular flexibility index (Phi) is 5.79. The average molecular weight is 397 g/mol. The molecular weight excluding hydrogens is 379 g/mol. The minimum absolute atomic E-state index is 0.308. The Hall–Kier alpha value is -1.40. The van der Waals surface area contributed by atoms with Gasteiger partial charge in [-0.1, -0.05) is 35.7 Å². The summed E-state index contributed by atoms with van der Waals surface area (Å²) in [6.45, 7) is 1.19. The zero-order chi connectivity index (χ0) is 17.9. The lowest BCUT2D eigenvalue weighted by molar-refractivity contribution is 0.346. The van der Waals surface area contributed by atoms with Crippen LogP contribution in [-0.4, -0.2) is 32.0 Å². The summed E-state index contributed by atoms with van der Waals surface area (Å²) in [4.78, 5) is 4.66. The number of aliphatic imine (C=N–C) groups is 1. The van der Waals surface area contributed by atoms with Crippen LogP contribution in [0.1, 0.15) is 24.8 Å². The van der Waals surface area contributed by atoms with Crippen LogP contribution >= 0.6 is 23.2 Å². The highest BCUT2D eigenvalue weighted by molar-refractivity contribution is 7.89. The van der Waals surface area contributed by atoms with Crippen LogP contribution in [0.5, 0.6) is 0 Å². The van der Waals surface area contributed by atoms with Crippen molar-refractivity contribution in [1.29, 1.82) is 0 Å². The van der Waals surface area contributed by atoms with Gasteiger partial charge in [-0.3, -0.25) is 4.99 Å². The van der Waals surface area contributed by atoms with E-state index in [1.807, 2.05) is 6.07 Å². The maximum Gasteiger partial charge on any atom is 0.243 e. The molecule has 1 fully saturated rings. The van der Waals surface area contributed by atoms with Gasteiger partial charge in [0.2, 0.25) is 10.0 Å². The predicted octanol–water partition coefficient (Wildman–Crippen LogP) is 4.92. The van der Waals surface area contributed by atoms with Crippen molar-refractivity contribution in [3.8, 4) is 0 Å². The van der Waals surface area contributed by atoms with Gasteiger partial charge in [-0.05, 0) is 54.8 Å². The lowest BCUT2D eigenvalue weighted by atomic mass is 10.2. The van der Waals surface area contributed by atoms with Gasteiger partial charge in [-0.15, -0.1) is 0 Å². The fraction of sp³-hybridized carbons (Fsp3) is 0.278. The van der Waals surface area contributed by atoms with Gasteiger partial charge in [0.25, 0.3) is 0 Å². The van der Waals surface area contributed by atoms with Crippen LogP contribution in [0.15, 0.2) is 52.4 Å². The van der Waals surface area contributed by atoms with Crippen molar-refractivity contribution in [3.05, 3.63) is 58.1 Å². The molecule has 2 aromatic rings. The largest absolute Gasteiger partial charge is 0.256 e. The normalized spacial score (nSPS) is 16.4. The average Bonchev–Trinajstić information content (AvgIpc) is 2.64. The third kappa shape index (κ3) is 4.42. The second-order valence-corrected chi connectivity index (χ2v) is 8.64. The van der Waals surface area contributed by atoms with E-state index in [4.69, 9.17) is 23.2 Å². The minimum Gasteiger partial charge on any atom is -0.256 e. The number of nitrogens with zero attached hydrogens (tertiary/aromatic N) is 2. The molecule has 4 nitrogen and oxygen atoms in total. The molecule has 1 heterocycles. The number of hydrogen-bond donors (Lipinski definition) is 0. The number of piperidine rings is 1. The van der Waals surface area contributed by atoms with Gasteiger partial charge in [0.15, 0.2) is 0 Å². The first-order valence-corrected chi connectivity index (χ1v) is 10.3. The first-order valence-electron chi connectivity index (χ1n) is 8.06. The third-order valence-electron chi connectivity index (χ3n) is 4.10. The molecule has 0 spiro atoms. The molecule has 2 aromatic carbocycles. The second-order valence-electron chi connectivity index (χ2n) is 5.89. The standard InChI is InChI=1S/C18H18Cl2N2O2S/c19-17-9-4-14(12-18(17)20)13-21-15-5-7-16(8-6-15)25(23,24)22-10-2-1-3-11-22/h4-9,12-13H,1-3,10-11H2. The Bertz CT molecular complexity index is 874. The topological polar surface area (TPSA) is 49.7 Å². The van der Waals surface area contributed by atoms with Crippen molar-refractivity contribution in [2.24, 2.45) is 4.99 Å². The molecule has 1 saturated heterocycles. The van der Waals surface area contributed by atoms with Crippen molar-refractivity contribution in [1.82, 2.24) is 4.31 Å². The summed E-state index contributed by atoms with van der Waals surface area (Å²) >= 11 is 11.9. The molecule has 0 atom stereocenters. The van der Waals surface area contributed by atoms with E-state index in [1.165, 1.54) is 0 Å². The van der Waals surface area contributed by atoms with E-state index in [1.54, 1.807) is 46.9 Å². The molecule has 0 aromatic heterocycles. The summed E-state index contributed by atoms with van der Waals surface area (Å²) in [5.41, 5.74) is 1.49. The Morgan fingerprint density at radius 2 is 1.60 bits per heavy atom. The van der Waals surface area contributed by atoms with Crippen LogP contribution in [0, 0.1) is 0 Å². The molecule has 132 valence electrons. The molecule has 1 aliphatic rings. The number of hydrogen-bond acceptors (Lipinski definition) is 3. The molecule has 0 unspecified atom stereocenters. The monoisotopic (exact) mass is 396 g/mol. The van der Waals surface area contributed by atoms with Crippen molar-refractivity contribution < 1.29 is 8.42 Å². The molecule has 0 aliphatic carbocycles. The van der Waals surface area contributed by atoms with Crippen molar-refractivity contribution in [2.45, 2.75) is 24.2 Å². The molecular formula is C18H18Cl2N2O2S. The third-order valence-corrected chi connectivity index (χ3v) is 6.75. The van der Waals surface area contributed by atoms with E-state index in [0.29, 0.717) is 33.7 Å². The minimum atomic E-state index is -3.41. The molecule has 1 aliphatic heterocycles. The SMILES string of the molecule is O=S(=O)(c1ccc(N=Cc2ccc(Cl)c(Cl)c2)cc1)N1CCCCC1. The molecule has 0 bridgehead atoms. The van der Waals surface area contributed by atoms with E-state index < -0.39 is 10.0 Å². The highest BCUT2D eigenvalue weighted by atomic mass is 35.5. The summed E-state index contributed by atoms with van der Waals surface area (Å²) in [6, 6.07) is 11.8. The van der Waals surface area contributed by atoms with Gasteiger partial charge in [-0.2, -0.15) is 4.31 Å². The predicted molar refractivity (Wildman–Crippen MR) is 103 cm³/mol. The van der Waals surface area contributed by atoms with Gasteiger partial charge in [0, 0.05) is 19.3 Å². The van der Waals surface area contributed by atoms with E-state index in [2.05, 4.69) is 4.99 Å². The lowest BCUT2D eigenvalue weighted by Crippen LogP contribution is -2.35. The Morgan fingerprint density at radius 1 is 0.920 bits per heavy atom. The highest BCUT2D eigenvalue weighted by Crippen LogP contribution is 2.24. The Labute approximate surface area is 158 Å². The molecule has 0 radical (unpaired) electrons. The highest BCUT2D eigenvalue weighted by Gasteiger charge is 2.25. The molecule has 0 amide bonds. The Morgan fingerprint density at radius 3 is 2.24 bits per heavy atom. The zero-order valence-corrected chi connectivity index (χ0v) is 15.9. The van der Waals surface area contributed by atoms with Gasteiger partial charge in [0.05, 0.1) is 20.6 Å². The maximum absolute atomic E-state index is 12.6. The molecule has 7 heteroatoms. The van der Waals surface area contributed by atoms with Crippen LogP contribution in [0.4, 0.5) is 5.69 Å². The molecule has 3 rings (SSSR count). The Balaban J connectivity index is 1.75. The van der Waals surface area contributed by atoms with Crippen molar-refractivity contribution >= 4 is 45.1 Å². The summed E-state index contributed by atoms with van der Waals surface area (Å²) in [5.74, 6) is 0. The second kappa shape index (κ2) is 7.87. The molecule has 0 saturated carbocycles. The molecule has 25 heavy (non-hydrogen) atoms. The van der Waals surface area contributed by atoms with E-state index >= 15 is 0 Å². The quantitative estimate of drug-likeness (QED) is 0.688. The number of halogens is 2.